The Morgan fingerprint density at radius 1 is 1.13 bits per heavy atom. The zero-order chi connectivity index (χ0) is 15.8. The zero-order valence-electron chi connectivity index (χ0n) is 13.1. The number of nitrogens with zero attached hydrogens (tertiary/aromatic N) is 6. The molecule has 2 aliphatic heterocycles. The van der Waals surface area contributed by atoms with Gasteiger partial charge in [0.05, 0.1) is 18.4 Å². The molecule has 2 unspecified atom stereocenters. The van der Waals surface area contributed by atoms with Crippen molar-refractivity contribution < 1.29 is 0 Å². The molecule has 0 aromatic carbocycles. The Morgan fingerprint density at radius 2 is 2.00 bits per heavy atom. The molecule has 7 heteroatoms. The van der Waals surface area contributed by atoms with Gasteiger partial charge in [0, 0.05) is 31.4 Å². The summed E-state index contributed by atoms with van der Waals surface area (Å²) in [5.74, 6) is 2.73. The third-order valence-corrected chi connectivity index (χ3v) is 5.24. The van der Waals surface area contributed by atoms with Gasteiger partial charge in [0.25, 0.3) is 0 Å². The summed E-state index contributed by atoms with van der Waals surface area (Å²) in [6, 6.07) is 2.54. The first-order valence-electron chi connectivity index (χ1n) is 7.98. The van der Waals surface area contributed by atoms with Crippen molar-refractivity contribution in [2.45, 2.75) is 25.8 Å². The second-order valence-electron chi connectivity index (χ2n) is 6.26. The predicted molar refractivity (Wildman–Crippen MR) is 92.6 cm³/mol. The highest BCUT2D eigenvalue weighted by Gasteiger charge is 2.39. The quantitative estimate of drug-likeness (QED) is 0.804. The molecule has 23 heavy (non-hydrogen) atoms. The third kappa shape index (κ3) is 2.89. The van der Waals surface area contributed by atoms with Crippen LogP contribution in [0.1, 0.15) is 18.5 Å². The van der Waals surface area contributed by atoms with Crippen LogP contribution in [0.15, 0.2) is 29.4 Å². The molecule has 4 rings (SSSR count). The van der Waals surface area contributed by atoms with Crippen LogP contribution < -0.4 is 9.80 Å². The highest BCUT2D eigenvalue weighted by atomic mass is 79.9. The summed E-state index contributed by atoms with van der Waals surface area (Å²) in [6.07, 6.45) is 7.68. The number of fused-ring (bicyclic) bond motifs is 1. The number of aryl methyl sites for hydroxylation is 1. The minimum absolute atomic E-state index is 0.475. The molecule has 2 fully saturated rings. The molecular formula is C16H19BrN6. The molecule has 6 nitrogen and oxygen atoms in total. The Balaban J connectivity index is 1.57. The van der Waals surface area contributed by atoms with Crippen LogP contribution in [-0.2, 0) is 0 Å². The van der Waals surface area contributed by atoms with E-state index in [-0.39, 0.29) is 0 Å². The monoisotopic (exact) mass is 374 g/mol. The molecule has 0 N–H and O–H groups in total. The topological polar surface area (TPSA) is 58.0 Å². The van der Waals surface area contributed by atoms with Crippen LogP contribution >= 0.6 is 15.9 Å². The number of halogens is 1. The lowest BCUT2D eigenvalue weighted by Crippen LogP contribution is -2.48. The van der Waals surface area contributed by atoms with Crippen molar-refractivity contribution >= 4 is 27.6 Å². The first-order chi connectivity index (χ1) is 11.2. The Bertz CT molecular complexity index is 708. The van der Waals surface area contributed by atoms with E-state index in [1.54, 1.807) is 12.5 Å². The van der Waals surface area contributed by atoms with Gasteiger partial charge in [0.15, 0.2) is 0 Å². The Morgan fingerprint density at radius 3 is 2.83 bits per heavy atom. The average molecular weight is 375 g/mol. The van der Waals surface area contributed by atoms with Crippen molar-refractivity contribution in [3.05, 3.63) is 35.1 Å². The number of hydrogen-bond acceptors (Lipinski definition) is 6. The van der Waals surface area contributed by atoms with Crippen molar-refractivity contribution in [2.75, 3.05) is 29.4 Å². The van der Waals surface area contributed by atoms with Gasteiger partial charge in [-0.15, -0.1) is 0 Å². The summed E-state index contributed by atoms with van der Waals surface area (Å²) in [5.41, 5.74) is 1.01. The molecule has 0 saturated carbocycles. The standard InChI is InChI=1S/C16H19BrN6/c1-11-6-15(20-10-19-11)22-4-2-12-3-5-23(13(12)9-22)16-8-18-7-14(17)21-16/h6-8,10,12-13H,2-5,9H2,1H3. The number of rotatable bonds is 2. The SMILES string of the molecule is Cc1cc(N2CCC3CCN(c4cncc(Br)n4)C3C2)ncn1. The minimum atomic E-state index is 0.475. The van der Waals surface area contributed by atoms with E-state index < -0.39 is 0 Å². The molecule has 4 heterocycles. The van der Waals surface area contributed by atoms with Gasteiger partial charge in [0.1, 0.15) is 22.6 Å². The first kappa shape index (κ1) is 14.8. The van der Waals surface area contributed by atoms with E-state index in [9.17, 15) is 0 Å². The summed E-state index contributed by atoms with van der Waals surface area (Å²) in [6.45, 7) is 5.11. The summed E-state index contributed by atoms with van der Waals surface area (Å²) in [5, 5.41) is 0. The Kier molecular flexibility index (Phi) is 3.88. The van der Waals surface area contributed by atoms with Crippen molar-refractivity contribution in [3.8, 4) is 0 Å². The molecule has 0 amide bonds. The van der Waals surface area contributed by atoms with Crippen LogP contribution in [0.5, 0.6) is 0 Å². The molecule has 2 saturated heterocycles. The summed E-state index contributed by atoms with van der Waals surface area (Å²) in [4.78, 5) is 22.3. The van der Waals surface area contributed by atoms with E-state index in [2.05, 4.69) is 51.7 Å². The predicted octanol–water partition coefficient (Wildman–Crippen LogP) is 2.44. The fraction of sp³-hybridized carbons (Fsp3) is 0.500. The molecule has 0 bridgehead atoms. The van der Waals surface area contributed by atoms with Gasteiger partial charge in [-0.1, -0.05) is 0 Å². The van der Waals surface area contributed by atoms with Gasteiger partial charge in [-0.2, -0.15) is 0 Å². The van der Waals surface area contributed by atoms with Crippen LogP contribution in [0.3, 0.4) is 0 Å². The van der Waals surface area contributed by atoms with Gasteiger partial charge < -0.3 is 9.80 Å². The number of aromatic nitrogens is 4. The first-order valence-corrected chi connectivity index (χ1v) is 8.78. The minimum Gasteiger partial charge on any atom is -0.354 e. The summed E-state index contributed by atoms with van der Waals surface area (Å²) in [7, 11) is 0. The van der Waals surface area contributed by atoms with Gasteiger partial charge in [-0.05, 0) is 41.6 Å². The molecule has 2 atom stereocenters. The van der Waals surface area contributed by atoms with Gasteiger partial charge >= 0.3 is 0 Å². The van der Waals surface area contributed by atoms with E-state index in [4.69, 9.17) is 0 Å². The van der Waals surface area contributed by atoms with E-state index in [0.29, 0.717) is 6.04 Å². The molecular weight excluding hydrogens is 356 g/mol. The average Bonchev–Trinajstić information content (AvgIpc) is 2.98. The fourth-order valence-corrected chi connectivity index (χ4v) is 4.02. The summed E-state index contributed by atoms with van der Waals surface area (Å²) < 4.78 is 0.789. The largest absolute Gasteiger partial charge is 0.354 e. The second kappa shape index (κ2) is 6.03. The number of piperidine rings is 1. The van der Waals surface area contributed by atoms with Crippen LogP contribution in [0, 0.1) is 12.8 Å². The second-order valence-corrected chi connectivity index (χ2v) is 7.07. The molecule has 2 aromatic heterocycles. The smallest absolute Gasteiger partial charge is 0.148 e. The Hall–Kier alpha value is -1.76. The normalized spacial score (nSPS) is 23.9. The number of anilines is 2. The highest BCUT2D eigenvalue weighted by Crippen LogP contribution is 2.35. The lowest BCUT2D eigenvalue weighted by Gasteiger charge is -2.39. The van der Waals surface area contributed by atoms with Gasteiger partial charge in [-0.25, -0.2) is 15.0 Å². The maximum Gasteiger partial charge on any atom is 0.148 e. The molecule has 2 aromatic rings. The lowest BCUT2D eigenvalue weighted by molar-refractivity contribution is 0.388. The van der Waals surface area contributed by atoms with Crippen molar-refractivity contribution in [1.82, 2.24) is 19.9 Å². The molecule has 0 spiro atoms. The van der Waals surface area contributed by atoms with Crippen LogP contribution in [0.2, 0.25) is 0 Å². The van der Waals surface area contributed by atoms with E-state index >= 15 is 0 Å². The molecule has 0 radical (unpaired) electrons. The highest BCUT2D eigenvalue weighted by molar-refractivity contribution is 9.10. The van der Waals surface area contributed by atoms with Crippen LogP contribution in [0.25, 0.3) is 0 Å². The van der Waals surface area contributed by atoms with Crippen molar-refractivity contribution in [2.24, 2.45) is 5.92 Å². The molecule has 2 aliphatic rings. The zero-order valence-corrected chi connectivity index (χ0v) is 14.6. The lowest BCUT2D eigenvalue weighted by atomic mass is 9.92. The van der Waals surface area contributed by atoms with E-state index in [0.717, 1.165) is 47.5 Å². The maximum absolute atomic E-state index is 4.59. The Labute approximate surface area is 144 Å². The van der Waals surface area contributed by atoms with Crippen molar-refractivity contribution in [3.63, 3.8) is 0 Å². The maximum atomic E-state index is 4.59. The van der Waals surface area contributed by atoms with E-state index in [1.807, 2.05) is 13.1 Å². The fourth-order valence-electron chi connectivity index (χ4n) is 3.72. The van der Waals surface area contributed by atoms with Crippen LogP contribution in [-0.4, -0.2) is 45.6 Å². The number of hydrogen-bond donors (Lipinski definition) is 0. The molecule has 120 valence electrons. The molecule has 0 aliphatic carbocycles. The van der Waals surface area contributed by atoms with Crippen molar-refractivity contribution in [1.29, 1.82) is 0 Å². The van der Waals surface area contributed by atoms with Crippen LogP contribution in [0.4, 0.5) is 11.6 Å². The van der Waals surface area contributed by atoms with Gasteiger partial charge in [-0.3, -0.25) is 4.98 Å². The summed E-state index contributed by atoms with van der Waals surface area (Å²) >= 11 is 3.43. The third-order valence-electron chi connectivity index (χ3n) is 4.86. The van der Waals surface area contributed by atoms with Gasteiger partial charge in [0.2, 0.25) is 0 Å². The van der Waals surface area contributed by atoms with E-state index in [1.165, 1.54) is 12.8 Å².